The molecule has 0 N–H and O–H groups in total. The Balaban J connectivity index is 1.50. The van der Waals surface area contributed by atoms with Crippen LogP contribution in [0.15, 0.2) is 24.0 Å². The van der Waals surface area contributed by atoms with Gasteiger partial charge in [0.05, 0.1) is 11.5 Å². The Bertz CT molecular complexity index is 1070. The first-order valence-electron chi connectivity index (χ1n) is 14.7. The fraction of sp³-hybridized carbons (Fsp3) is 0.781. The second-order valence-electron chi connectivity index (χ2n) is 13.9. The lowest BCUT2D eigenvalue weighted by atomic mass is 9.43. The van der Waals surface area contributed by atoms with Gasteiger partial charge in [0.2, 0.25) is 0 Å². The highest BCUT2D eigenvalue weighted by Crippen LogP contribution is 2.73. The van der Waals surface area contributed by atoms with E-state index in [9.17, 15) is 14.4 Å². The second-order valence-corrected chi connectivity index (χ2v) is 13.9. The van der Waals surface area contributed by atoms with Crippen molar-refractivity contribution in [1.82, 2.24) is 0 Å². The highest BCUT2D eigenvalue weighted by atomic mass is 16.6. The molecule has 1 aliphatic heterocycles. The molecule has 210 valence electrons. The van der Waals surface area contributed by atoms with Gasteiger partial charge in [-0.3, -0.25) is 14.4 Å². The largest absolute Gasteiger partial charge is 0.462 e. The van der Waals surface area contributed by atoms with Crippen LogP contribution in [0.25, 0.3) is 0 Å². The number of carbonyl (C=O) groups is 3. The van der Waals surface area contributed by atoms with E-state index in [2.05, 4.69) is 46.8 Å². The number of rotatable bonds is 6. The SMILES string of the molecule is CC(=O)OC1=CC(=O)[C@]2(C)[C@@H]3[C@@H](C[C@H]4O[C@]42C1)[C@@H]1CC[C@H]([C@H](C)/C=C/[C@H](C)C(C)C)[C@@]1(C)C[C@H]3OC(C)=O. The molecule has 3 saturated carbocycles. The Morgan fingerprint density at radius 3 is 2.42 bits per heavy atom. The number of hydrogen-bond acceptors (Lipinski definition) is 6. The zero-order valence-corrected chi connectivity index (χ0v) is 24.4. The van der Waals surface area contributed by atoms with Gasteiger partial charge >= 0.3 is 11.9 Å². The minimum absolute atomic E-state index is 0.0216. The fourth-order valence-electron chi connectivity index (χ4n) is 9.41. The van der Waals surface area contributed by atoms with E-state index in [4.69, 9.17) is 14.2 Å². The van der Waals surface area contributed by atoms with E-state index in [0.717, 1.165) is 25.7 Å². The quantitative estimate of drug-likeness (QED) is 0.238. The predicted molar refractivity (Wildman–Crippen MR) is 144 cm³/mol. The standard InChI is InChI=1S/C32H46O6/c1-17(2)18(3)9-10-19(4)24-11-12-25-23-14-28-32(38-28)15-22(36-20(5)33)13-27(35)31(32,8)29(23)26(37-21(6)34)16-30(24,25)7/h9-10,13,17-19,23-26,28-29H,11-12,14-16H2,1-8H3/b10-9+/t18-,19+,23-,24+,25-,26+,28+,29+,30+,31+,32+/m0/s1. The molecule has 0 aromatic carbocycles. The number of allylic oxidation sites excluding steroid dienone is 3. The molecule has 11 atom stereocenters. The molecular formula is C32H46O6. The van der Waals surface area contributed by atoms with E-state index in [1.165, 1.54) is 19.9 Å². The Morgan fingerprint density at radius 1 is 1.08 bits per heavy atom. The normalized spacial score (nSPS) is 44.9. The first-order valence-corrected chi connectivity index (χ1v) is 14.7. The van der Waals surface area contributed by atoms with Crippen LogP contribution in [0.4, 0.5) is 0 Å². The van der Waals surface area contributed by atoms with E-state index in [1.54, 1.807) is 0 Å². The van der Waals surface area contributed by atoms with Crippen LogP contribution in [0.5, 0.6) is 0 Å². The average molecular weight is 527 g/mol. The maximum absolute atomic E-state index is 13.9. The molecule has 0 aromatic rings. The summed E-state index contributed by atoms with van der Waals surface area (Å²) in [5, 5.41) is 0. The number of ketones is 1. The van der Waals surface area contributed by atoms with Gasteiger partial charge in [0, 0.05) is 32.3 Å². The maximum Gasteiger partial charge on any atom is 0.307 e. The molecule has 5 rings (SSSR count). The van der Waals surface area contributed by atoms with Crippen LogP contribution in [0.1, 0.15) is 87.5 Å². The van der Waals surface area contributed by atoms with Gasteiger partial charge in [-0.25, -0.2) is 0 Å². The van der Waals surface area contributed by atoms with Gasteiger partial charge in [-0.1, -0.05) is 46.8 Å². The van der Waals surface area contributed by atoms with E-state index in [-0.39, 0.29) is 41.2 Å². The summed E-state index contributed by atoms with van der Waals surface area (Å²) in [6.45, 7) is 16.4. The lowest BCUT2D eigenvalue weighted by molar-refractivity contribution is -0.187. The lowest BCUT2D eigenvalue weighted by Gasteiger charge is -2.59. The maximum atomic E-state index is 13.9. The number of hydrogen-bond donors (Lipinski definition) is 0. The van der Waals surface area contributed by atoms with Gasteiger partial charge in [-0.15, -0.1) is 0 Å². The van der Waals surface area contributed by atoms with Crippen molar-refractivity contribution in [1.29, 1.82) is 0 Å². The van der Waals surface area contributed by atoms with Crippen molar-refractivity contribution in [2.45, 2.75) is 105 Å². The van der Waals surface area contributed by atoms with Gasteiger partial charge in [0.25, 0.3) is 0 Å². The Kier molecular flexibility index (Phi) is 6.77. The molecule has 38 heavy (non-hydrogen) atoms. The molecule has 0 aromatic heterocycles. The van der Waals surface area contributed by atoms with Crippen molar-refractivity contribution in [2.75, 3.05) is 0 Å². The van der Waals surface area contributed by atoms with Crippen molar-refractivity contribution in [3.63, 3.8) is 0 Å². The second kappa shape index (κ2) is 9.31. The molecule has 4 aliphatic carbocycles. The van der Waals surface area contributed by atoms with E-state index in [1.807, 2.05) is 6.92 Å². The monoisotopic (exact) mass is 526 g/mol. The third-order valence-corrected chi connectivity index (χ3v) is 11.6. The van der Waals surface area contributed by atoms with Crippen LogP contribution in [0.2, 0.25) is 0 Å². The van der Waals surface area contributed by atoms with E-state index < -0.39 is 17.0 Å². The summed E-state index contributed by atoms with van der Waals surface area (Å²) < 4.78 is 18.0. The summed E-state index contributed by atoms with van der Waals surface area (Å²) in [5.41, 5.74) is -1.48. The number of ether oxygens (including phenoxy) is 3. The molecule has 0 unspecified atom stereocenters. The summed E-state index contributed by atoms with van der Waals surface area (Å²) in [4.78, 5) is 38.0. The minimum Gasteiger partial charge on any atom is -0.462 e. The Hall–Kier alpha value is -1.95. The van der Waals surface area contributed by atoms with Gasteiger partial charge in [0.15, 0.2) is 5.78 Å². The van der Waals surface area contributed by atoms with Gasteiger partial charge in [-0.2, -0.15) is 0 Å². The van der Waals surface area contributed by atoms with E-state index in [0.29, 0.717) is 41.8 Å². The number of epoxide rings is 1. The van der Waals surface area contributed by atoms with Crippen molar-refractivity contribution < 1.29 is 28.6 Å². The molecule has 0 amide bonds. The van der Waals surface area contributed by atoms with Crippen molar-refractivity contribution in [3.05, 3.63) is 24.0 Å². The first kappa shape index (κ1) is 27.6. The molecule has 6 heteroatoms. The number of esters is 2. The molecule has 0 bridgehead atoms. The van der Waals surface area contributed by atoms with Gasteiger partial charge in [0.1, 0.15) is 17.5 Å². The van der Waals surface area contributed by atoms with Gasteiger partial charge in [-0.05, 0) is 73.5 Å². The third kappa shape index (κ3) is 4.03. The van der Waals surface area contributed by atoms with Gasteiger partial charge < -0.3 is 14.2 Å². The van der Waals surface area contributed by atoms with Crippen LogP contribution in [-0.4, -0.2) is 35.5 Å². The molecule has 6 nitrogen and oxygen atoms in total. The number of fused-ring (bicyclic) bond motifs is 4. The summed E-state index contributed by atoms with van der Waals surface area (Å²) in [6.07, 6.45) is 10.2. The molecule has 0 radical (unpaired) electrons. The van der Waals surface area contributed by atoms with Crippen LogP contribution < -0.4 is 0 Å². The molecule has 1 spiro atoms. The molecule has 1 heterocycles. The lowest BCUT2D eigenvalue weighted by Crippen LogP contribution is -2.65. The van der Waals surface area contributed by atoms with Crippen LogP contribution in [-0.2, 0) is 28.6 Å². The highest BCUT2D eigenvalue weighted by Gasteiger charge is 2.80. The number of carbonyl (C=O) groups excluding carboxylic acids is 3. The highest BCUT2D eigenvalue weighted by molar-refractivity contribution is 5.98. The molecule has 4 fully saturated rings. The molecule has 5 aliphatic rings. The Labute approximate surface area is 227 Å². The van der Waals surface area contributed by atoms with Crippen LogP contribution >= 0.6 is 0 Å². The van der Waals surface area contributed by atoms with Crippen LogP contribution in [0, 0.1) is 52.3 Å². The summed E-state index contributed by atoms with van der Waals surface area (Å²) in [6, 6.07) is 0. The zero-order chi connectivity index (χ0) is 27.8. The minimum atomic E-state index is -0.817. The van der Waals surface area contributed by atoms with E-state index >= 15 is 0 Å². The van der Waals surface area contributed by atoms with Crippen molar-refractivity contribution in [3.8, 4) is 0 Å². The summed E-state index contributed by atoms with van der Waals surface area (Å²) in [7, 11) is 0. The van der Waals surface area contributed by atoms with Crippen molar-refractivity contribution in [2.24, 2.45) is 52.3 Å². The Morgan fingerprint density at radius 2 is 1.79 bits per heavy atom. The first-order chi connectivity index (χ1) is 17.7. The zero-order valence-electron chi connectivity index (χ0n) is 24.4. The fourth-order valence-corrected chi connectivity index (χ4v) is 9.41. The van der Waals surface area contributed by atoms with Crippen molar-refractivity contribution >= 4 is 17.7 Å². The summed E-state index contributed by atoms with van der Waals surface area (Å²) in [5.74, 6) is 2.27. The third-order valence-electron chi connectivity index (χ3n) is 11.6. The molecule has 1 saturated heterocycles. The average Bonchev–Trinajstić information content (AvgIpc) is 3.39. The summed E-state index contributed by atoms with van der Waals surface area (Å²) >= 11 is 0. The smallest absolute Gasteiger partial charge is 0.307 e. The topological polar surface area (TPSA) is 82.2 Å². The predicted octanol–water partition coefficient (Wildman–Crippen LogP) is 6.04. The molecular weight excluding hydrogens is 480 g/mol. The van der Waals surface area contributed by atoms with Crippen LogP contribution in [0.3, 0.4) is 0 Å².